The van der Waals surface area contributed by atoms with E-state index in [1.807, 2.05) is 0 Å². The fourth-order valence-corrected chi connectivity index (χ4v) is 1.92. The van der Waals surface area contributed by atoms with Gasteiger partial charge >= 0.3 is 5.69 Å². The van der Waals surface area contributed by atoms with Crippen LogP contribution in [0.3, 0.4) is 0 Å². The monoisotopic (exact) mass is 268 g/mol. The van der Waals surface area contributed by atoms with E-state index in [0.29, 0.717) is 0 Å². The van der Waals surface area contributed by atoms with Crippen LogP contribution in [0.2, 0.25) is 0 Å². The number of hydrogen-bond acceptors (Lipinski definition) is 8. The molecular formula is C10H12N4O5. The van der Waals surface area contributed by atoms with Gasteiger partial charge in [0, 0.05) is 6.20 Å². The first-order valence-electron chi connectivity index (χ1n) is 5.36. The Bertz CT molecular complexity index is 582. The van der Waals surface area contributed by atoms with Crippen LogP contribution in [0.25, 0.3) is 0 Å². The van der Waals surface area contributed by atoms with Crippen LogP contribution in [0.1, 0.15) is 6.23 Å². The summed E-state index contributed by atoms with van der Waals surface area (Å²) in [6.07, 6.45) is -3.13. The van der Waals surface area contributed by atoms with E-state index in [4.69, 9.17) is 20.8 Å². The van der Waals surface area contributed by atoms with Crippen LogP contribution in [-0.2, 0) is 4.74 Å². The van der Waals surface area contributed by atoms with E-state index in [-0.39, 0.29) is 5.82 Å². The molecule has 0 saturated carbocycles. The molecule has 0 aromatic carbocycles. The average Bonchev–Trinajstić information content (AvgIpc) is 2.63. The van der Waals surface area contributed by atoms with E-state index in [9.17, 15) is 15.0 Å². The van der Waals surface area contributed by atoms with Crippen molar-refractivity contribution in [2.45, 2.75) is 24.0 Å². The highest BCUT2D eigenvalue weighted by Gasteiger charge is 2.57. The molecule has 0 bridgehead atoms. The lowest BCUT2D eigenvalue weighted by molar-refractivity contribution is -0.0773. The van der Waals surface area contributed by atoms with Crippen molar-refractivity contribution < 1.29 is 20.1 Å². The smallest absolute Gasteiger partial charge is 0.351 e. The summed E-state index contributed by atoms with van der Waals surface area (Å²) in [6.45, 7) is -0.612. The minimum absolute atomic E-state index is 0.0287. The molecule has 0 radical (unpaired) electrons. The van der Waals surface area contributed by atoms with Crippen LogP contribution >= 0.6 is 0 Å². The fourth-order valence-electron chi connectivity index (χ4n) is 1.92. The molecule has 1 aromatic heterocycles. The van der Waals surface area contributed by atoms with E-state index in [2.05, 4.69) is 4.98 Å². The van der Waals surface area contributed by atoms with Crippen molar-refractivity contribution in [1.82, 2.24) is 9.55 Å². The minimum atomic E-state index is -2.37. The third-order valence-electron chi connectivity index (χ3n) is 2.95. The number of hydrogen-bond donors (Lipinski definition) is 4. The standard InChI is InChI=1S/C10H12N4O5/c11-4-10(18)7(16)5(3-15)19-8(10)14-2-1-6(12)13-9(14)17/h1-2,5,7-8,15-16,18H,3H2,(H2,12,13,17)/t5-,7-,8-,10-/m1/s1. The molecule has 1 aromatic rings. The lowest BCUT2D eigenvalue weighted by atomic mass is 9.96. The number of ether oxygens (including phenoxy) is 1. The van der Waals surface area contributed by atoms with Gasteiger partial charge in [0.15, 0.2) is 6.23 Å². The first kappa shape index (κ1) is 13.4. The molecule has 0 spiro atoms. The third kappa shape index (κ3) is 1.96. The summed E-state index contributed by atoms with van der Waals surface area (Å²) in [4.78, 5) is 15.1. The van der Waals surface area contributed by atoms with Crippen molar-refractivity contribution in [3.63, 3.8) is 0 Å². The zero-order valence-corrected chi connectivity index (χ0v) is 9.67. The number of aliphatic hydroxyl groups is 3. The topological polar surface area (TPSA) is 155 Å². The van der Waals surface area contributed by atoms with Crippen molar-refractivity contribution >= 4 is 5.82 Å². The lowest BCUT2D eigenvalue weighted by Gasteiger charge is -2.24. The predicted molar refractivity (Wildman–Crippen MR) is 60.5 cm³/mol. The Morgan fingerprint density at radius 3 is 2.89 bits per heavy atom. The molecule has 1 aliphatic rings. The van der Waals surface area contributed by atoms with Gasteiger partial charge in [-0.25, -0.2) is 4.79 Å². The zero-order chi connectivity index (χ0) is 14.2. The largest absolute Gasteiger partial charge is 0.394 e. The molecule has 1 aliphatic heterocycles. The average molecular weight is 268 g/mol. The highest BCUT2D eigenvalue weighted by molar-refractivity contribution is 5.24. The molecule has 5 N–H and O–H groups in total. The summed E-state index contributed by atoms with van der Waals surface area (Å²) in [7, 11) is 0. The molecule has 0 amide bonds. The number of aromatic nitrogens is 2. The van der Waals surface area contributed by atoms with Gasteiger partial charge in [0.1, 0.15) is 24.1 Å². The highest BCUT2D eigenvalue weighted by atomic mass is 16.6. The molecule has 1 fully saturated rings. The summed E-state index contributed by atoms with van der Waals surface area (Å²) in [5.41, 5.74) is 2.12. The summed E-state index contributed by atoms with van der Waals surface area (Å²) < 4.78 is 5.98. The molecule has 1 saturated heterocycles. The number of nitriles is 1. The van der Waals surface area contributed by atoms with Gasteiger partial charge < -0.3 is 25.8 Å². The molecule has 9 nitrogen and oxygen atoms in total. The van der Waals surface area contributed by atoms with Crippen molar-refractivity contribution in [2.75, 3.05) is 12.3 Å². The maximum atomic E-state index is 11.7. The SMILES string of the molecule is N#C[C@@]1(O)[C@H](O)[C@@H](CO)O[C@H]1n1ccc(N)nc1=O. The molecular weight excluding hydrogens is 256 g/mol. The van der Waals surface area contributed by atoms with E-state index in [1.54, 1.807) is 0 Å². The predicted octanol–water partition coefficient (Wildman–Crippen LogP) is -2.67. The Morgan fingerprint density at radius 1 is 1.68 bits per heavy atom. The molecule has 0 aliphatic carbocycles. The van der Waals surface area contributed by atoms with Gasteiger partial charge in [-0.2, -0.15) is 10.2 Å². The van der Waals surface area contributed by atoms with E-state index in [1.165, 1.54) is 18.3 Å². The first-order chi connectivity index (χ1) is 8.93. The highest BCUT2D eigenvalue weighted by Crippen LogP contribution is 2.37. The quantitative estimate of drug-likeness (QED) is 0.423. The number of nitrogens with two attached hydrogens (primary N) is 1. The van der Waals surface area contributed by atoms with Crippen LogP contribution < -0.4 is 11.4 Å². The van der Waals surface area contributed by atoms with Gasteiger partial charge in [0.25, 0.3) is 0 Å². The van der Waals surface area contributed by atoms with E-state index in [0.717, 1.165) is 4.57 Å². The van der Waals surface area contributed by atoms with Crippen LogP contribution in [0.4, 0.5) is 5.82 Å². The maximum absolute atomic E-state index is 11.7. The van der Waals surface area contributed by atoms with Crippen LogP contribution in [0, 0.1) is 11.3 Å². The molecule has 19 heavy (non-hydrogen) atoms. The summed E-state index contributed by atoms with van der Waals surface area (Å²) in [5, 5.41) is 37.9. The number of aliphatic hydroxyl groups excluding tert-OH is 2. The minimum Gasteiger partial charge on any atom is -0.394 e. The number of nitrogen functional groups attached to an aromatic ring is 1. The van der Waals surface area contributed by atoms with Crippen molar-refractivity contribution in [3.8, 4) is 6.07 Å². The fraction of sp³-hybridized carbons (Fsp3) is 0.500. The second-order valence-corrected chi connectivity index (χ2v) is 4.13. The van der Waals surface area contributed by atoms with Gasteiger partial charge in [-0.3, -0.25) is 4.57 Å². The molecule has 2 rings (SSSR count). The van der Waals surface area contributed by atoms with Crippen LogP contribution in [0.15, 0.2) is 17.1 Å². The van der Waals surface area contributed by atoms with E-state index >= 15 is 0 Å². The van der Waals surface area contributed by atoms with E-state index < -0.39 is 36.3 Å². The maximum Gasteiger partial charge on any atom is 0.351 e. The van der Waals surface area contributed by atoms with Crippen molar-refractivity contribution in [2.24, 2.45) is 0 Å². The first-order valence-corrected chi connectivity index (χ1v) is 5.36. The summed E-state index contributed by atoms with van der Waals surface area (Å²) in [6, 6.07) is 2.77. The van der Waals surface area contributed by atoms with Gasteiger partial charge in [0.05, 0.1) is 6.61 Å². The Hall–Kier alpha value is -1.99. The number of nitrogens with zero attached hydrogens (tertiary/aromatic N) is 3. The molecule has 2 heterocycles. The second kappa shape index (κ2) is 4.60. The Kier molecular flexibility index (Phi) is 3.25. The Morgan fingerprint density at radius 2 is 2.37 bits per heavy atom. The number of anilines is 1. The van der Waals surface area contributed by atoms with Crippen LogP contribution in [-0.4, -0.2) is 49.3 Å². The number of rotatable bonds is 2. The van der Waals surface area contributed by atoms with Gasteiger partial charge in [0.2, 0.25) is 5.60 Å². The summed E-state index contributed by atoms with van der Waals surface area (Å²) in [5.74, 6) is -0.0287. The molecule has 102 valence electrons. The normalized spacial score (nSPS) is 34.1. The summed E-state index contributed by atoms with van der Waals surface area (Å²) >= 11 is 0. The molecule has 0 unspecified atom stereocenters. The van der Waals surface area contributed by atoms with Gasteiger partial charge in [-0.05, 0) is 6.07 Å². The third-order valence-corrected chi connectivity index (χ3v) is 2.95. The van der Waals surface area contributed by atoms with Crippen LogP contribution in [0.5, 0.6) is 0 Å². The Labute approximate surface area is 107 Å². The molecule has 4 atom stereocenters. The molecule has 9 heteroatoms. The Balaban J connectivity index is 2.49. The van der Waals surface area contributed by atoms with Gasteiger partial charge in [-0.15, -0.1) is 0 Å². The van der Waals surface area contributed by atoms with Crippen molar-refractivity contribution in [1.29, 1.82) is 5.26 Å². The van der Waals surface area contributed by atoms with Crippen molar-refractivity contribution in [3.05, 3.63) is 22.7 Å². The van der Waals surface area contributed by atoms with Gasteiger partial charge in [-0.1, -0.05) is 0 Å². The zero-order valence-electron chi connectivity index (χ0n) is 9.67. The second-order valence-electron chi connectivity index (χ2n) is 4.13. The lowest BCUT2D eigenvalue weighted by Crippen LogP contribution is -2.47.